The maximum atomic E-state index is 12.2. The summed E-state index contributed by atoms with van der Waals surface area (Å²) in [5, 5.41) is 22.7. The van der Waals surface area contributed by atoms with Crippen LogP contribution >= 0.6 is 35.0 Å². The number of thioether (sulfide) groups is 1. The molecule has 0 atom stereocenters. The van der Waals surface area contributed by atoms with Gasteiger partial charge in [-0.25, -0.2) is 0 Å². The number of nitro benzene ring substituents is 1. The first-order valence-electron chi connectivity index (χ1n) is 7.22. The molecular weight excluding hydrogens is 401 g/mol. The number of aromatic nitrogens is 3. The highest BCUT2D eigenvalue weighted by molar-refractivity contribution is 7.99. The van der Waals surface area contributed by atoms with E-state index in [1.807, 2.05) is 0 Å². The Bertz CT molecular complexity index is 1020. The Morgan fingerprint density at radius 3 is 2.81 bits per heavy atom. The Labute approximate surface area is 161 Å². The average Bonchev–Trinajstić information content (AvgIpc) is 2.98. The lowest BCUT2D eigenvalue weighted by Gasteiger charge is -2.07. The van der Waals surface area contributed by atoms with E-state index in [0.717, 1.165) is 0 Å². The monoisotopic (exact) mass is 411 g/mol. The average molecular weight is 412 g/mol. The molecule has 0 aliphatic rings. The Morgan fingerprint density at radius 1 is 1.35 bits per heavy atom. The molecule has 0 aliphatic carbocycles. The Hall–Kier alpha value is -2.36. The van der Waals surface area contributed by atoms with Gasteiger partial charge in [0.25, 0.3) is 5.69 Å². The summed E-state index contributed by atoms with van der Waals surface area (Å²) in [6.07, 6.45) is 1.61. The number of amides is 1. The molecule has 0 fully saturated rings. The standard InChI is InChI=1S/C15H11Cl2N5O3S/c1-8-4-10(22(24)25)2-3-12(8)18-13(23)7-26-15-20-19-14-11(17)5-9(16)6-21(14)15/h2-6H,7H2,1H3,(H,18,23). The van der Waals surface area contributed by atoms with E-state index in [4.69, 9.17) is 23.2 Å². The smallest absolute Gasteiger partial charge is 0.269 e. The van der Waals surface area contributed by atoms with E-state index in [0.29, 0.717) is 32.1 Å². The van der Waals surface area contributed by atoms with Gasteiger partial charge in [-0.05, 0) is 24.6 Å². The van der Waals surface area contributed by atoms with Gasteiger partial charge >= 0.3 is 0 Å². The number of fused-ring (bicyclic) bond motifs is 1. The zero-order chi connectivity index (χ0) is 18.8. The van der Waals surface area contributed by atoms with Gasteiger partial charge < -0.3 is 5.32 Å². The normalized spacial score (nSPS) is 10.9. The minimum atomic E-state index is -0.485. The number of pyridine rings is 1. The number of aryl methyl sites for hydroxylation is 1. The maximum absolute atomic E-state index is 12.2. The molecule has 1 amide bonds. The van der Waals surface area contributed by atoms with Gasteiger partial charge in [0.15, 0.2) is 10.8 Å². The highest BCUT2D eigenvalue weighted by atomic mass is 35.5. The number of carbonyl (C=O) groups is 1. The molecule has 0 spiro atoms. The lowest BCUT2D eigenvalue weighted by Crippen LogP contribution is -2.15. The summed E-state index contributed by atoms with van der Waals surface area (Å²) in [6.45, 7) is 1.69. The summed E-state index contributed by atoms with van der Waals surface area (Å²) in [6, 6.07) is 5.80. The molecule has 0 aliphatic heterocycles. The van der Waals surface area contributed by atoms with Crippen molar-refractivity contribution < 1.29 is 9.72 Å². The molecule has 11 heteroatoms. The second-order valence-corrected chi connectivity index (χ2v) is 7.06. The number of nitrogens with one attached hydrogen (secondary N) is 1. The number of non-ortho nitro benzene ring substituents is 1. The van der Waals surface area contributed by atoms with E-state index in [1.165, 1.54) is 30.0 Å². The summed E-state index contributed by atoms with van der Waals surface area (Å²) in [5.74, 6) is -0.210. The number of hydrogen-bond donors (Lipinski definition) is 1. The van der Waals surface area contributed by atoms with Gasteiger partial charge in [0.05, 0.1) is 20.7 Å². The molecule has 3 aromatic rings. The van der Waals surface area contributed by atoms with Crippen molar-refractivity contribution in [1.82, 2.24) is 14.6 Å². The molecule has 1 N–H and O–H groups in total. The predicted octanol–water partition coefficient (Wildman–Crippen LogP) is 3.98. The van der Waals surface area contributed by atoms with Crippen LogP contribution in [-0.4, -0.2) is 31.2 Å². The summed E-state index contributed by atoms with van der Waals surface area (Å²) in [4.78, 5) is 22.4. The molecule has 0 saturated heterocycles. The quantitative estimate of drug-likeness (QED) is 0.386. The second-order valence-electron chi connectivity index (χ2n) is 5.28. The van der Waals surface area contributed by atoms with Crippen LogP contribution in [-0.2, 0) is 4.79 Å². The van der Waals surface area contributed by atoms with Gasteiger partial charge in [0.1, 0.15) is 0 Å². The van der Waals surface area contributed by atoms with Crippen molar-refractivity contribution in [2.24, 2.45) is 0 Å². The van der Waals surface area contributed by atoms with E-state index >= 15 is 0 Å². The number of anilines is 1. The lowest BCUT2D eigenvalue weighted by molar-refractivity contribution is -0.384. The largest absolute Gasteiger partial charge is 0.325 e. The van der Waals surface area contributed by atoms with Crippen LogP contribution in [0.2, 0.25) is 10.0 Å². The first-order valence-corrected chi connectivity index (χ1v) is 8.97. The molecule has 2 aromatic heterocycles. The molecule has 134 valence electrons. The van der Waals surface area contributed by atoms with Crippen LogP contribution in [0.5, 0.6) is 0 Å². The van der Waals surface area contributed by atoms with Crippen molar-refractivity contribution in [1.29, 1.82) is 0 Å². The summed E-state index contributed by atoms with van der Waals surface area (Å²) >= 11 is 13.2. The van der Waals surface area contributed by atoms with Crippen LogP contribution in [0.3, 0.4) is 0 Å². The highest BCUT2D eigenvalue weighted by Gasteiger charge is 2.14. The van der Waals surface area contributed by atoms with Crippen LogP contribution in [0, 0.1) is 17.0 Å². The molecule has 2 heterocycles. The number of nitro groups is 1. The fraction of sp³-hybridized carbons (Fsp3) is 0.133. The van der Waals surface area contributed by atoms with E-state index in [1.54, 1.807) is 23.6 Å². The van der Waals surface area contributed by atoms with Crippen LogP contribution in [0.4, 0.5) is 11.4 Å². The van der Waals surface area contributed by atoms with Gasteiger partial charge in [-0.3, -0.25) is 19.3 Å². The van der Waals surface area contributed by atoms with Crippen LogP contribution in [0.25, 0.3) is 5.65 Å². The van der Waals surface area contributed by atoms with Crippen LogP contribution < -0.4 is 5.32 Å². The Kier molecular flexibility index (Phi) is 5.30. The summed E-state index contributed by atoms with van der Waals surface area (Å²) in [5.41, 5.74) is 1.53. The molecule has 3 rings (SSSR count). The van der Waals surface area contributed by atoms with Crippen molar-refractivity contribution in [3.63, 3.8) is 0 Å². The molecule has 8 nitrogen and oxygen atoms in total. The molecule has 1 aromatic carbocycles. The molecular formula is C15H11Cl2N5O3S. The van der Waals surface area contributed by atoms with E-state index in [2.05, 4.69) is 15.5 Å². The zero-order valence-corrected chi connectivity index (χ0v) is 15.6. The Morgan fingerprint density at radius 2 is 2.12 bits per heavy atom. The fourth-order valence-corrected chi connectivity index (χ4v) is 3.44. The minimum Gasteiger partial charge on any atom is -0.325 e. The van der Waals surface area contributed by atoms with E-state index < -0.39 is 4.92 Å². The zero-order valence-electron chi connectivity index (χ0n) is 13.3. The van der Waals surface area contributed by atoms with Crippen molar-refractivity contribution >= 4 is 57.9 Å². The van der Waals surface area contributed by atoms with E-state index in [9.17, 15) is 14.9 Å². The fourth-order valence-electron chi connectivity index (χ4n) is 2.22. The third kappa shape index (κ3) is 3.90. The first kappa shape index (κ1) is 18.4. The lowest BCUT2D eigenvalue weighted by atomic mass is 10.2. The molecule has 0 radical (unpaired) electrons. The van der Waals surface area contributed by atoms with Crippen LogP contribution in [0.15, 0.2) is 35.6 Å². The van der Waals surface area contributed by atoms with E-state index in [-0.39, 0.29) is 17.3 Å². The number of rotatable bonds is 5. The van der Waals surface area contributed by atoms with Gasteiger partial charge in [0.2, 0.25) is 5.91 Å². The Balaban J connectivity index is 1.69. The minimum absolute atomic E-state index is 0.0291. The highest BCUT2D eigenvalue weighted by Crippen LogP contribution is 2.26. The molecule has 0 bridgehead atoms. The van der Waals surface area contributed by atoms with Gasteiger partial charge in [-0.15, -0.1) is 10.2 Å². The maximum Gasteiger partial charge on any atom is 0.269 e. The SMILES string of the molecule is Cc1cc([N+](=O)[O-])ccc1NC(=O)CSc1nnc2c(Cl)cc(Cl)cn12. The number of benzene rings is 1. The number of nitrogens with zero attached hydrogens (tertiary/aromatic N) is 4. The molecule has 26 heavy (non-hydrogen) atoms. The van der Waals surface area contributed by atoms with Crippen molar-refractivity contribution in [2.45, 2.75) is 12.1 Å². The summed E-state index contributed by atoms with van der Waals surface area (Å²) < 4.78 is 1.61. The predicted molar refractivity (Wildman–Crippen MR) is 100 cm³/mol. The van der Waals surface area contributed by atoms with Gasteiger partial charge in [-0.2, -0.15) is 0 Å². The number of halogens is 2. The molecule has 0 saturated carbocycles. The number of carbonyl (C=O) groups excluding carboxylic acids is 1. The number of hydrogen-bond acceptors (Lipinski definition) is 6. The summed E-state index contributed by atoms with van der Waals surface area (Å²) in [7, 11) is 0. The van der Waals surface area contributed by atoms with Crippen molar-refractivity contribution in [3.05, 3.63) is 56.2 Å². The van der Waals surface area contributed by atoms with Crippen molar-refractivity contribution in [2.75, 3.05) is 11.1 Å². The van der Waals surface area contributed by atoms with Gasteiger partial charge in [-0.1, -0.05) is 35.0 Å². The van der Waals surface area contributed by atoms with Crippen LogP contribution in [0.1, 0.15) is 5.56 Å². The first-order chi connectivity index (χ1) is 12.3. The molecule has 0 unspecified atom stereocenters. The van der Waals surface area contributed by atoms with Crippen molar-refractivity contribution in [3.8, 4) is 0 Å². The topological polar surface area (TPSA) is 102 Å². The van der Waals surface area contributed by atoms with Gasteiger partial charge in [0, 0.05) is 24.0 Å². The second kappa shape index (κ2) is 7.48. The third-order valence-electron chi connectivity index (χ3n) is 3.42. The third-order valence-corrected chi connectivity index (χ3v) is 4.85.